The summed E-state index contributed by atoms with van der Waals surface area (Å²) in [6.07, 6.45) is 1.17. The smallest absolute Gasteiger partial charge is 0.165 e. The Balaban J connectivity index is 4.14. The Hall–Kier alpha value is -0.450. The predicted octanol–water partition coefficient (Wildman–Crippen LogP) is 1.04. The summed E-state index contributed by atoms with van der Waals surface area (Å²) in [5.74, 6) is -0.749. The Morgan fingerprint density at radius 3 is 2.23 bits per heavy atom. The number of aldehydes is 1. The molecule has 0 rings (SSSR count). The first-order valence-electron chi connectivity index (χ1n) is 4.31. The van der Waals surface area contributed by atoms with Gasteiger partial charge < -0.3 is 20.0 Å². The molecule has 0 aliphatic rings. The molecule has 0 amide bonds. The Labute approximate surface area is 79.4 Å². The van der Waals surface area contributed by atoms with Crippen molar-refractivity contribution >= 4 is 6.29 Å². The lowest BCUT2D eigenvalue weighted by Gasteiger charge is -2.34. The molecule has 0 radical (unpaired) electrons. The third-order valence-corrected chi connectivity index (χ3v) is 1.53. The Morgan fingerprint density at radius 2 is 1.85 bits per heavy atom. The molecule has 0 saturated carbocycles. The summed E-state index contributed by atoms with van der Waals surface area (Å²) in [5, 5.41) is 0. The van der Waals surface area contributed by atoms with Crippen LogP contribution >= 0.6 is 0 Å². The van der Waals surface area contributed by atoms with Crippen LogP contribution in [0.3, 0.4) is 0 Å². The van der Waals surface area contributed by atoms with Crippen LogP contribution in [0.1, 0.15) is 34.1 Å². The van der Waals surface area contributed by atoms with E-state index >= 15 is 0 Å². The van der Waals surface area contributed by atoms with Crippen molar-refractivity contribution in [3.63, 3.8) is 0 Å². The molecule has 2 N–H and O–H groups in total. The van der Waals surface area contributed by atoms with E-state index in [1.54, 1.807) is 13.8 Å². The standard InChI is InChI=1S/C9H19NO3/c1-8(2,5-6-11)13-9(3,4)12-7-10/h6H,5,7,10H2,1-4H3. The van der Waals surface area contributed by atoms with Crippen molar-refractivity contribution in [3.05, 3.63) is 0 Å². The summed E-state index contributed by atoms with van der Waals surface area (Å²) < 4.78 is 10.7. The van der Waals surface area contributed by atoms with Crippen molar-refractivity contribution < 1.29 is 14.3 Å². The van der Waals surface area contributed by atoms with Crippen LogP contribution in [0.25, 0.3) is 0 Å². The Bertz CT molecular complexity index is 166. The van der Waals surface area contributed by atoms with Crippen LogP contribution in [0, 0.1) is 0 Å². The normalized spacial score (nSPS) is 13.0. The van der Waals surface area contributed by atoms with E-state index in [4.69, 9.17) is 15.2 Å². The highest BCUT2D eigenvalue weighted by Gasteiger charge is 2.29. The molecule has 0 aliphatic heterocycles. The van der Waals surface area contributed by atoms with E-state index in [0.717, 1.165) is 6.29 Å². The fraction of sp³-hybridized carbons (Fsp3) is 0.889. The monoisotopic (exact) mass is 189 g/mol. The van der Waals surface area contributed by atoms with Gasteiger partial charge in [0, 0.05) is 6.42 Å². The van der Waals surface area contributed by atoms with E-state index < -0.39 is 11.4 Å². The molecular weight excluding hydrogens is 170 g/mol. The van der Waals surface area contributed by atoms with Crippen LogP contribution < -0.4 is 5.73 Å². The van der Waals surface area contributed by atoms with Crippen molar-refractivity contribution in [1.82, 2.24) is 0 Å². The summed E-state index contributed by atoms with van der Waals surface area (Å²) in [5.41, 5.74) is 4.72. The van der Waals surface area contributed by atoms with Gasteiger partial charge in [0.05, 0.1) is 12.3 Å². The molecule has 0 aromatic heterocycles. The van der Waals surface area contributed by atoms with Crippen LogP contribution in [-0.4, -0.2) is 24.4 Å². The second-order valence-electron chi connectivity index (χ2n) is 3.94. The number of nitrogens with two attached hydrogens (primary N) is 1. The van der Waals surface area contributed by atoms with Crippen molar-refractivity contribution in [2.24, 2.45) is 5.73 Å². The fourth-order valence-electron chi connectivity index (χ4n) is 1.14. The molecule has 0 heterocycles. The lowest BCUT2D eigenvalue weighted by atomic mass is 10.1. The SMILES string of the molecule is CC(C)(CC=O)OC(C)(C)OCN. The summed E-state index contributed by atoms with van der Waals surface area (Å²) in [6.45, 7) is 7.31. The first kappa shape index (κ1) is 12.6. The van der Waals surface area contributed by atoms with Gasteiger partial charge in [0.2, 0.25) is 0 Å². The number of hydrogen-bond acceptors (Lipinski definition) is 4. The molecule has 0 saturated heterocycles. The lowest BCUT2D eigenvalue weighted by Crippen LogP contribution is -2.40. The van der Waals surface area contributed by atoms with Crippen molar-refractivity contribution in [2.75, 3.05) is 6.73 Å². The zero-order chi connectivity index (χ0) is 10.5. The lowest BCUT2D eigenvalue weighted by molar-refractivity contribution is -0.260. The minimum Gasteiger partial charge on any atom is -0.344 e. The molecule has 0 unspecified atom stereocenters. The van der Waals surface area contributed by atoms with E-state index in [1.165, 1.54) is 0 Å². The van der Waals surface area contributed by atoms with Gasteiger partial charge in [-0.2, -0.15) is 0 Å². The average Bonchev–Trinajstić information content (AvgIpc) is 1.82. The van der Waals surface area contributed by atoms with Crippen LogP contribution in [0.4, 0.5) is 0 Å². The molecule has 0 aliphatic carbocycles. The fourth-order valence-corrected chi connectivity index (χ4v) is 1.14. The molecule has 4 heteroatoms. The van der Waals surface area contributed by atoms with Crippen LogP contribution in [0.15, 0.2) is 0 Å². The van der Waals surface area contributed by atoms with Crippen LogP contribution in [0.5, 0.6) is 0 Å². The number of carbonyl (C=O) groups excluding carboxylic acids is 1. The maximum absolute atomic E-state index is 10.3. The van der Waals surface area contributed by atoms with Crippen molar-refractivity contribution in [3.8, 4) is 0 Å². The third-order valence-electron chi connectivity index (χ3n) is 1.53. The van der Waals surface area contributed by atoms with Crippen molar-refractivity contribution in [2.45, 2.75) is 45.5 Å². The summed E-state index contributed by atoms with van der Waals surface area (Å²) in [6, 6.07) is 0. The van der Waals surface area contributed by atoms with Gasteiger partial charge in [-0.15, -0.1) is 0 Å². The van der Waals surface area contributed by atoms with Gasteiger partial charge in [0.25, 0.3) is 0 Å². The predicted molar refractivity (Wildman–Crippen MR) is 50.1 cm³/mol. The van der Waals surface area contributed by atoms with Gasteiger partial charge in [-0.25, -0.2) is 0 Å². The van der Waals surface area contributed by atoms with Gasteiger partial charge in [-0.05, 0) is 27.7 Å². The second kappa shape index (κ2) is 4.69. The van der Waals surface area contributed by atoms with E-state index in [2.05, 4.69) is 0 Å². The maximum atomic E-state index is 10.3. The highest BCUT2D eigenvalue weighted by atomic mass is 16.7. The van der Waals surface area contributed by atoms with Gasteiger partial charge in [0.15, 0.2) is 5.79 Å². The Kier molecular flexibility index (Phi) is 4.53. The topological polar surface area (TPSA) is 61.5 Å². The maximum Gasteiger partial charge on any atom is 0.165 e. The molecule has 0 bridgehead atoms. The summed E-state index contributed by atoms with van der Waals surface area (Å²) in [7, 11) is 0. The van der Waals surface area contributed by atoms with Crippen LogP contribution in [-0.2, 0) is 14.3 Å². The highest BCUT2D eigenvalue weighted by molar-refractivity contribution is 5.51. The number of ether oxygens (including phenoxy) is 2. The Morgan fingerprint density at radius 1 is 1.31 bits per heavy atom. The van der Waals surface area contributed by atoms with E-state index in [-0.39, 0.29) is 6.73 Å². The van der Waals surface area contributed by atoms with E-state index in [1.807, 2.05) is 13.8 Å². The van der Waals surface area contributed by atoms with E-state index in [9.17, 15) is 4.79 Å². The minimum absolute atomic E-state index is 0.101. The molecule has 4 nitrogen and oxygen atoms in total. The molecule has 0 aromatic carbocycles. The molecule has 0 atom stereocenters. The van der Waals surface area contributed by atoms with Gasteiger partial charge >= 0.3 is 0 Å². The molecular formula is C9H19NO3. The highest BCUT2D eigenvalue weighted by Crippen LogP contribution is 2.22. The second-order valence-corrected chi connectivity index (χ2v) is 3.94. The summed E-state index contributed by atoms with van der Waals surface area (Å²) in [4.78, 5) is 10.3. The summed E-state index contributed by atoms with van der Waals surface area (Å²) >= 11 is 0. The first-order valence-corrected chi connectivity index (χ1v) is 4.31. The average molecular weight is 189 g/mol. The first-order chi connectivity index (χ1) is 5.83. The third kappa shape index (κ3) is 5.74. The zero-order valence-electron chi connectivity index (χ0n) is 8.79. The zero-order valence-corrected chi connectivity index (χ0v) is 8.79. The number of hydrogen-bond donors (Lipinski definition) is 1. The molecule has 0 fully saturated rings. The quantitative estimate of drug-likeness (QED) is 0.501. The molecule has 13 heavy (non-hydrogen) atoms. The van der Waals surface area contributed by atoms with Gasteiger partial charge in [-0.3, -0.25) is 0 Å². The van der Waals surface area contributed by atoms with Gasteiger partial charge in [-0.1, -0.05) is 0 Å². The molecule has 78 valence electrons. The number of rotatable bonds is 6. The largest absolute Gasteiger partial charge is 0.344 e. The van der Waals surface area contributed by atoms with Gasteiger partial charge in [0.1, 0.15) is 6.29 Å². The number of carbonyl (C=O) groups is 1. The van der Waals surface area contributed by atoms with E-state index in [0.29, 0.717) is 6.42 Å². The van der Waals surface area contributed by atoms with Crippen molar-refractivity contribution in [1.29, 1.82) is 0 Å². The molecule has 0 aromatic rings. The molecule has 0 spiro atoms. The van der Waals surface area contributed by atoms with Crippen LogP contribution in [0.2, 0.25) is 0 Å². The minimum atomic E-state index is -0.749.